The molecule has 0 radical (unpaired) electrons. The van der Waals surface area contributed by atoms with E-state index in [4.69, 9.17) is 5.11 Å². The van der Waals surface area contributed by atoms with Crippen LogP contribution in [0.1, 0.15) is 40.3 Å². The number of rotatable bonds is 1. The van der Waals surface area contributed by atoms with Crippen molar-refractivity contribution < 1.29 is 5.11 Å². The summed E-state index contributed by atoms with van der Waals surface area (Å²) in [6, 6.07) is 5.86. The third-order valence-electron chi connectivity index (χ3n) is 1.04. The molecule has 84 valence electrons. The van der Waals surface area contributed by atoms with Gasteiger partial charge in [-0.25, -0.2) is 0 Å². The van der Waals surface area contributed by atoms with E-state index in [-0.39, 0.29) is 7.43 Å². The third kappa shape index (κ3) is 17.3. The first kappa shape index (κ1) is 18.8. The Labute approximate surface area is 89.0 Å². The van der Waals surface area contributed by atoms with Gasteiger partial charge in [0.05, 0.1) is 0 Å². The topological polar surface area (TPSA) is 33.1 Å². The maximum absolute atomic E-state index is 7.88. The summed E-state index contributed by atoms with van der Waals surface area (Å²) in [5, 5.41) is 7.88. The predicted octanol–water partition coefficient (Wildman–Crippen LogP) is 3.44. The molecule has 0 saturated heterocycles. The average Bonchev–Trinajstić information content (AvgIpc) is 2.22. The zero-order valence-corrected chi connectivity index (χ0v) is 9.12. The van der Waals surface area contributed by atoms with Gasteiger partial charge in [-0.1, -0.05) is 34.3 Å². The van der Waals surface area contributed by atoms with Gasteiger partial charge in [-0.2, -0.15) is 0 Å². The minimum absolute atomic E-state index is 0. The summed E-state index contributed by atoms with van der Waals surface area (Å²) in [5.41, 5.74) is 1.07. The molecule has 0 amide bonds. The van der Waals surface area contributed by atoms with E-state index in [1.807, 2.05) is 45.9 Å². The Balaban J connectivity index is -0.000000152. The Morgan fingerprint density at radius 3 is 1.93 bits per heavy atom. The highest BCUT2D eigenvalue weighted by Gasteiger charge is 1.73. The van der Waals surface area contributed by atoms with Gasteiger partial charge in [0, 0.05) is 18.5 Å². The van der Waals surface area contributed by atoms with Crippen molar-refractivity contribution in [2.24, 2.45) is 0 Å². The first-order valence-electron chi connectivity index (χ1n) is 4.79. The van der Waals surface area contributed by atoms with Gasteiger partial charge < -0.3 is 5.11 Å². The zero-order chi connectivity index (χ0) is 10.5. The molecule has 1 aromatic heterocycles. The Morgan fingerprint density at radius 2 is 1.79 bits per heavy atom. The van der Waals surface area contributed by atoms with Crippen molar-refractivity contribution in [2.75, 3.05) is 6.61 Å². The lowest BCUT2D eigenvalue weighted by molar-refractivity contribution is 0.295. The van der Waals surface area contributed by atoms with Crippen LogP contribution in [-0.2, 0) is 0 Å². The highest BCUT2D eigenvalue weighted by Crippen LogP contribution is 1.85. The van der Waals surface area contributed by atoms with Gasteiger partial charge in [0.2, 0.25) is 0 Å². The van der Waals surface area contributed by atoms with Crippen molar-refractivity contribution in [3.05, 3.63) is 30.1 Å². The Bertz CT molecular complexity index is 161. The van der Waals surface area contributed by atoms with Crippen molar-refractivity contribution in [1.29, 1.82) is 0 Å². The van der Waals surface area contributed by atoms with Crippen LogP contribution in [0.2, 0.25) is 0 Å². The standard InChI is InChI=1S/C6H7N.C3H8O.C2H6.CH4/c1-6-4-2-3-5-7-6;1-2-3-4;1-2;/h2-5H,1H3;4H,2-3H2,1H3;1-2H3;1H4. The molecule has 1 N–H and O–H groups in total. The van der Waals surface area contributed by atoms with Crippen LogP contribution in [0, 0.1) is 6.92 Å². The van der Waals surface area contributed by atoms with Crippen molar-refractivity contribution >= 4 is 0 Å². The van der Waals surface area contributed by atoms with E-state index in [9.17, 15) is 0 Å². The van der Waals surface area contributed by atoms with Gasteiger partial charge in [0.15, 0.2) is 0 Å². The minimum Gasteiger partial charge on any atom is -0.396 e. The van der Waals surface area contributed by atoms with E-state index >= 15 is 0 Å². The van der Waals surface area contributed by atoms with Crippen molar-refractivity contribution in [2.45, 2.75) is 41.5 Å². The molecule has 0 fully saturated rings. The number of nitrogens with zero attached hydrogens (tertiary/aromatic N) is 1. The Kier molecular flexibility index (Phi) is 24.2. The highest BCUT2D eigenvalue weighted by atomic mass is 16.2. The second-order valence-corrected chi connectivity index (χ2v) is 2.19. The average molecular weight is 199 g/mol. The Hall–Kier alpha value is -0.890. The number of hydrogen-bond donors (Lipinski definition) is 1. The molecule has 0 unspecified atom stereocenters. The highest BCUT2D eigenvalue weighted by molar-refractivity contribution is 4.99. The lowest BCUT2D eigenvalue weighted by Crippen LogP contribution is -1.72. The van der Waals surface area contributed by atoms with Crippen molar-refractivity contribution in [3.63, 3.8) is 0 Å². The first-order valence-corrected chi connectivity index (χ1v) is 4.79. The molecular formula is C12H25NO. The molecule has 1 rings (SSSR count). The monoisotopic (exact) mass is 199 g/mol. The molecule has 2 heteroatoms. The van der Waals surface area contributed by atoms with Crippen LogP contribution < -0.4 is 0 Å². The molecule has 0 saturated carbocycles. The molecule has 1 aromatic rings. The predicted molar refractivity (Wildman–Crippen MR) is 64.4 cm³/mol. The van der Waals surface area contributed by atoms with Crippen LogP contribution in [0.5, 0.6) is 0 Å². The summed E-state index contributed by atoms with van der Waals surface area (Å²) in [4.78, 5) is 3.98. The summed E-state index contributed by atoms with van der Waals surface area (Å²) in [6.45, 7) is 8.22. The number of hydrogen-bond acceptors (Lipinski definition) is 2. The lowest BCUT2D eigenvalue weighted by Gasteiger charge is -1.82. The maximum atomic E-state index is 7.88. The largest absolute Gasteiger partial charge is 0.396 e. The van der Waals surface area contributed by atoms with E-state index in [1.54, 1.807) is 6.20 Å². The SMILES string of the molecule is C.CC.CCCO.Cc1ccccn1. The molecule has 0 aliphatic heterocycles. The second-order valence-electron chi connectivity index (χ2n) is 2.19. The quantitative estimate of drug-likeness (QED) is 0.751. The van der Waals surface area contributed by atoms with Crippen LogP contribution in [0.4, 0.5) is 0 Å². The fourth-order valence-electron chi connectivity index (χ4n) is 0.448. The summed E-state index contributed by atoms with van der Waals surface area (Å²) in [6.07, 6.45) is 2.66. The first-order chi connectivity index (χ1) is 6.31. The zero-order valence-electron chi connectivity index (χ0n) is 9.12. The smallest absolute Gasteiger partial charge is 0.0428 e. The van der Waals surface area contributed by atoms with Crippen molar-refractivity contribution in [3.8, 4) is 0 Å². The van der Waals surface area contributed by atoms with Crippen molar-refractivity contribution in [1.82, 2.24) is 4.98 Å². The molecule has 0 atom stereocenters. The number of pyridine rings is 1. The van der Waals surface area contributed by atoms with E-state index in [0.29, 0.717) is 6.61 Å². The molecule has 0 bridgehead atoms. The number of aryl methyl sites for hydroxylation is 1. The van der Waals surface area contributed by atoms with Crippen LogP contribution in [0.3, 0.4) is 0 Å². The molecule has 0 aliphatic carbocycles. The van der Waals surface area contributed by atoms with E-state index in [2.05, 4.69) is 4.98 Å². The molecule has 2 nitrogen and oxygen atoms in total. The van der Waals surface area contributed by atoms with E-state index in [1.165, 1.54) is 0 Å². The normalized spacial score (nSPS) is 6.93. The van der Waals surface area contributed by atoms with Gasteiger partial charge in [-0.05, 0) is 25.5 Å². The summed E-state index contributed by atoms with van der Waals surface area (Å²) in [5.74, 6) is 0. The molecule has 0 aliphatic rings. The van der Waals surface area contributed by atoms with Gasteiger partial charge in [0.1, 0.15) is 0 Å². The van der Waals surface area contributed by atoms with Crippen LogP contribution in [0.15, 0.2) is 24.4 Å². The number of aliphatic hydroxyl groups excluding tert-OH is 1. The molecule has 0 aromatic carbocycles. The Morgan fingerprint density at radius 1 is 1.29 bits per heavy atom. The second kappa shape index (κ2) is 18.0. The van der Waals surface area contributed by atoms with Crippen LogP contribution in [0.25, 0.3) is 0 Å². The number of aliphatic hydroxyl groups is 1. The van der Waals surface area contributed by atoms with E-state index in [0.717, 1.165) is 12.1 Å². The van der Waals surface area contributed by atoms with Gasteiger partial charge in [-0.3, -0.25) is 4.98 Å². The third-order valence-corrected chi connectivity index (χ3v) is 1.04. The maximum Gasteiger partial charge on any atom is 0.0428 e. The fourth-order valence-corrected chi connectivity index (χ4v) is 0.448. The fraction of sp³-hybridized carbons (Fsp3) is 0.583. The van der Waals surface area contributed by atoms with Crippen LogP contribution >= 0.6 is 0 Å². The number of aromatic nitrogens is 1. The molecule has 0 spiro atoms. The molecule has 1 heterocycles. The van der Waals surface area contributed by atoms with Crippen LogP contribution in [-0.4, -0.2) is 16.7 Å². The molecule has 14 heavy (non-hydrogen) atoms. The summed E-state index contributed by atoms with van der Waals surface area (Å²) >= 11 is 0. The van der Waals surface area contributed by atoms with Gasteiger partial charge in [0.25, 0.3) is 0 Å². The summed E-state index contributed by atoms with van der Waals surface area (Å²) < 4.78 is 0. The van der Waals surface area contributed by atoms with Gasteiger partial charge >= 0.3 is 0 Å². The minimum atomic E-state index is 0. The van der Waals surface area contributed by atoms with Gasteiger partial charge in [-0.15, -0.1) is 0 Å². The van der Waals surface area contributed by atoms with E-state index < -0.39 is 0 Å². The lowest BCUT2D eigenvalue weighted by atomic mass is 10.4. The molecular weight excluding hydrogens is 174 g/mol. The summed E-state index contributed by atoms with van der Waals surface area (Å²) in [7, 11) is 0.